The van der Waals surface area contributed by atoms with Crippen LogP contribution in [-0.2, 0) is 10.0 Å². The van der Waals surface area contributed by atoms with E-state index in [9.17, 15) is 21.6 Å². The van der Waals surface area contributed by atoms with Crippen molar-refractivity contribution in [2.24, 2.45) is 0 Å². The van der Waals surface area contributed by atoms with Gasteiger partial charge in [-0.05, 0) is 13.8 Å². The first-order chi connectivity index (χ1) is 5.52. The Kier molecular flexibility index (Phi) is 3.01. The van der Waals surface area contributed by atoms with E-state index in [0.29, 0.717) is 0 Å². The maximum Gasteiger partial charge on any atom is 0.511 e. The number of rotatable bonds is 2. The first kappa shape index (κ1) is 12.3. The highest BCUT2D eigenvalue weighted by Crippen LogP contribution is 2.23. The lowest BCUT2D eigenvalue weighted by molar-refractivity contribution is -0.0452. The molecule has 0 aliphatic carbocycles. The molecule has 0 heterocycles. The molecule has 0 spiro atoms. The first-order valence-electron chi connectivity index (χ1n) is 3.10. The number of nitrogens with one attached hydrogen (secondary N) is 1. The summed E-state index contributed by atoms with van der Waals surface area (Å²) >= 11 is 0. The second-order valence-corrected chi connectivity index (χ2v) is 4.49. The van der Waals surface area contributed by atoms with Crippen LogP contribution in [0, 0.1) is 12.3 Å². The van der Waals surface area contributed by atoms with Crippen LogP contribution in [0.1, 0.15) is 13.8 Å². The minimum Gasteiger partial charge on any atom is -0.203 e. The molecular formula is C6H8F3NO2S. The number of sulfonamides is 1. The third-order valence-corrected chi connectivity index (χ3v) is 2.44. The van der Waals surface area contributed by atoms with Crippen molar-refractivity contribution in [3.8, 4) is 12.3 Å². The molecule has 0 rings (SSSR count). The van der Waals surface area contributed by atoms with E-state index in [1.807, 2.05) is 5.92 Å². The van der Waals surface area contributed by atoms with E-state index in [-0.39, 0.29) is 0 Å². The summed E-state index contributed by atoms with van der Waals surface area (Å²) in [6, 6.07) is 0. The van der Waals surface area contributed by atoms with Crippen molar-refractivity contribution in [1.82, 2.24) is 4.72 Å². The van der Waals surface area contributed by atoms with E-state index >= 15 is 0 Å². The molecule has 3 nitrogen and oxygen atoms in total. The lowest BCUT2D eigenvalue weighted by atomic mass is 10.1. The Hall–Kier alpha value is -0.740. The standard InChI is InChI=1S/C6H8F3NO2S/c1-4-5(2,3)10-13(11,12)6(7,8)9/h1,10H,2-3H3. The average molecular weight is 215 g/mol. The number of halogens is 3. The summed E-state index contributed by atoms with van der Waals surface area (Å²) in [6.45, 7) is 2.30. The summed E-state index contributed by atoms with van der Waals surface area (Å²) < 4.78 is 57.7. The summed E-state index contributed by atoms with van der Waals surface area (Å²) in [5.41, 5.74) is -6.88. The van der Waals surface area contributed by atoms with Crippen molar-refractivity contribution in [3.63, 3.8) is 0 Å². The maximum absolute atomic E-state index is 11.8. The van der Waals surface area contributed by atoms with Crippen LogP contribution in [0.5, 0.6) is 0 Å². The Morgan fingerprint density at radius 2 is 1.69 bits per heavy atom. The molecule has 0 amide bonds. The van der Waals surface area contributed by atoms with Crippen molar-refractivity contribution in [3.05, 3.63) is 0 Å². The van der Waals surface area contributed by atoms with Gasteiger partial charge in [-0.25, -0.2) is 8.42 Å². The molecule has 0 aromatic heterocycles. The fourth-order valence-electron chi connectivity index (χ4n) is 0.423. The van der Waals surface area contributed by atoms with Crippen LogP contribution in [-0.4, -0.2) is 19.5 Å². The van der Waals surface area contributed by atoms with Gasteiger partial charge in [0.15, 0.2) is 0 Å². The van der Waals surface area contributed by atoms with Crippen molar-refractivity contribution in [2.75, 3.05) is 0 Å². The van der Waals surface area contributed by atoms with Gasteiger partial charge in [-0.2, -0.15) is 17.9 Å². The molecule has 0 saturated heterocycles. The predicted molar refractivity (Wildman–Crippen MR) is 41.0 cm³/mol. The zero-order valence-corrected chi connectivity index (χ0v) is 7.75. The second-order valence-electron chi connectivity index (χ2n) is 2.82. The molecule has 0 bridgehead atoms. The first-order valence-corrected chi connectivity index (χ1v) is 4.58. The third kappa shape index (κ3) is 3.24. The molecule has 0 saturated carbocycles. The van der Waals surface area contributed by atoms with Crippen LogP contribution in [0.2, 0.25) is 0 Å². The zero-order valence-electron chi connectivity index (χ0n) is 6.94. The summed E-state index contributed by atoms with van der Waals surface area (Å²) in [7, 11) is -5.36. The number of alkyl halides is 3. The largest absolute Gasteiger partial charge is 0.511 e. The topological polar surface area (TPSA) is 46.2 Å². The molecule has 0 aliphatic rings. The van der Waals surface area contributed by atoms with Gasteiger partial charge in [0.05, 0.1) is 5.54 Å². The van der Waals surface area contributed by atoms with Gasteiger partial charge in [-0.1, -0.05) is 5.92 Å². The van der Waals surface area contributed by atoms with Crippen molar-refractivity contribution < 1.29 is 21.6 Å². The molecule has 76 valence electrons. The van der Waals surface area contributed by atoms with Crippen molar-refractivity contribution in [1.29, 1.82) is 0 Å². The van der Waals surface area contributed by atoms with Gasteiger partial charge in [0.25, 0.3) is 0 Å². The second kappa shape index (κ2) is 3.20. The number of hydrogen-bond donors (Lipinski definition) is 1. The van der Waals surface area contributed by atoms with Gasteiger partial charge in [0.1, 0.15) is 0 Å². The molecule has 7 heteroatoms. The summed E-state index contributed by atoms with van der Waals surface area (Å²) in [5, 5.41) is 0. The van der Waals surface area contributed by atoms with E-state index in [0.717, 1.165) is 13.8 Å². The van der Waals surface area contributed by atoms with Gasteiger partial charge in [-0.15, -0.1) is 6.42 Å². The molecule has 0 aliphatic heterocycles. The van der Waals surface area contributed by atoms with Crippen LogP contribution in [0.4, 0.5) is 13.2 Å². The fourth-order valence-corrected chi connectivity index (χ4v) is 1.27. The Balaban J connectivity index is 4.88. The van der Waals surface area contributed by atoms with Gasteiger partial charge in [0.2, 0.25) is 0 Å². The van der Waals surface area contributed by atoms with Crippen LogP contribution >= 0.6 is 0 Å². The minimum absolute atomic E-state index is 1.15. The lowest BCUT2D eigenvalue weighted by Crippen LogP contribution is -2.47. The summed E-state index contributed by atoms with van der Waals surface area (Å²) in [4.78, 5) is 0. The van der Waals surface area contributed by atoms with E-state index < -0.39 is 21.1 Å². The highest BCUT2D eigenvalue weighted by atomic mass is 32.2. The lowest BCUT2D eigenvalue weighted by Gasteiger charge is -2.20. The van der Waals surface area contributed by atoms with E-state index in [1.165, 1.54) is 4.72 Å². The Bertz CT molecular complexity index is 323. The molecule has 13 heavy (non-hydrogen) atoms. The Morgan fingerprint density at radius 1 is 1.31 bits per heavy atom. The van der Waals surface area contributed by atoms with Crippen LogP contribution < -0.4 is 4.72 Å². The van der Waals surface area contributed by atoms with Crippen LogP contribution in [0.15, 0.2) is 0 Å². The highest BCUT2D eigenvalue weighted by molar-refractivity contribution is 7.90. The van der Waals surface area contributed by atoms with E-state index in [4.69, 9.17) is 6.42 Å². The van der Waals surface area contributed by atoms with E-state index in [1.54, 1.807) is 0 Å². The monoisotopic (exact) mass is 215 g/mol. The summed E-state index contributed by atoms with van der Waals surface area (Å²) in [5.74, 6) is 1.88. The predicted octanol–water partition coefficient (Wildman–Crippen LogP) is 0.837. The van der Waals surface area contributed by atoms with Gasteiger partial charge >= 0.3 is 15.5 Å². The Labute approximate surface area is 74.4 Å². The molecule has 0 atom stereocenters. The molecule has 1 N–H and O–H groups in total. The molecule has 0 fully saturated rings. The quantitative estimate of drug-likeness (QED) is 0.694. The Morgan fingerprint density at radius 3 is 1.92 bits per heavy atom. The zero-order chi connectivity index (χ0) is 10.9. The van der Waals surface area contributed by atoms with Crippen LogP contribution in [0.3, 0.4) is 0 Å². The van der Waals surface area contributed by atoms with Gasteiger partial charge < -0.3 is 0 Å². The smallest absolute Gasteiger partial charge is 0.203 e. The van der Waals surface area contributed by atoms with Gasteiger partial charge in [-0.3, -0.25) is 0 Å². The summed E-state index contributed by atoms with van der Waals surface area (Å²) in [6.07, 6.45) is 4.81. The molecular weight excluding hydrogens is 207 g/mol. The number of hydrogen-bond acceptors (Lipinski definition) is 2. The fraction of sp³-hybridized carbons (Fsp3) is 0.667. The molecule has 0 radical (unpaired) electrons. The highest BCUT2D eigenvalue weighted by Gasteiger charge is 2.47. The minimum atomic E-state index is -5.36. The average Bonchev–Trinajstić information content (AvgIpc) is 1.83. The third-order valence-electron chi connectivity index (χ3n) is 1.06. The van der Waals surface area contributed by atoms with Crippen LogP contribution in [0.25, 0.3) is 0 Å². The maximum atomic E-state index is 11.8. The normalized spacial score (nSPS) is 13.8. The molecule has 0 aromatic carbocycles. The number of terminal acetylenes is 1. The SMILES string of the molecule is C#CC(C)(C)NS(=O)(=O)C(F)(F)F. The molecule has 0 aromatic rings. The van der Waals surface area contributed by atoms with E-state index in [2.05, 4.69) is 0 Å². The van der Waals surface area contributed by atoms with Gasteiger partial charge in [0, 0.05) is 0 Å². The van der Waals surface area contributed by atoms with Crippen molar-refractivity contribution >= 4 is 10.0 Å². The van der Waals surface area contributed by atoms with Crippen molar-refractivity contribution in [2.45, 2.75) is 24.9 Å². The molecule has 0 unspecified atom stereocenters.